The molecule has 2 atom stereocenters. The molecule has 6 rings (SSSR count). The van der Waals surface area contributed by atoms with Crippen molar-refractivity contribution < 1.29 is 34.1 Å². The smallest absolute Gasteiger partial charge is 0.332 e. The Balaban J connectivity index is 1.78. The van der Waals surface area contributed by atoms with Crippen LogP contribution in [-0.2, 0) is 42.2 Å². The van der Waals surface area contributed by atoms with Crippen molar-refractivity contribution in [2.45, 2.75) is 58.8 Å². The van der Waals surface area contributed by atoms with Crippen LogP contribution in [0.25, 0.3) is 38.8 Å². The zero-order valence-corrected chi connectivity index (χ0v) is 29.3. The van der Waals surface area contributed by atoms with E-state index in [1.54, 1.807) is 19.1 Å². The lowest BCUT2D eigenvalue weighted by Crippen LogP contribution is -2.42. The number of aldehydes is 1. The quantitative estimate of drug-likeness (QED) is 0.151. The summed E-state index contributed by atoms with van der Waals surface area (Å²) >= 11 is 0. The highest BCUT2D eigenvalue weighted by Crippen LogP contribution is 2.52. The maximum Gasteiger partial charge on any atom is 0.332 e. The molecule has 0 radical (unpaired) electrons. The Labute approximate surface area is 294 Å². The number of H-pyrrole nitrogens is 2. The summed E-state index contributed by atoms with van der Waals surface area (Å²) < 4.78 is 4.94. The summed E-state index contributed by atoms with van der Waals surface area (Å²) in [6.07, 6.45) is 7.03. The molecule has 11 heteroatoms. The predicted octanol–water partition coefficient (Wildman–Crippen LogP) is 5.83. The van der Waals surface area contributed by atoms with Gasteiger partial charge in [-0.2, -0.15) is 0 Å². The van der Waals surface area contributed by atoms with E-state index in [9.17, 15) is 29.4 Å². The second-order valence-corrected chi connectivity index (χ2v) is 13.2. The molecule has 3 aliphatic rings. The van der Waals surface area contributed by atoms with Crippen LogP contribution in [0.5, 0.6) is 0 Å². The normalized spacial score (nSPS) is 18.1. The number of rotatable bonds is 10. The largest absolute Gasteiger partial charge is 0.478 e. The number of aliphatic hydroxyl groups excluding tert-OH is 1. The van der Waals surface area contributed by atoms with Crippen LogP contribution in [0.3, 0.4) is 0 Å². The molecule has 2 aliphatic heterocycles. The van der Waals surface area contributed by atoms with E-state index in [0.717, 1.165) is 56.2 Å². The van der Waals surface area contributed by atoms with E-state index in [0.29, 0.717) is 46.7 Å². The van der Waals surface area contributed by atoms with Gasteiger partial charge < -0.3 is 29.7 Å². The lowest BCUT2D eigenvalue weighted by Gasteiger charge is -2.36. The predicted molar refractivity (Wildman–Crippen MR) is 195 cm³/mol. The van der Waals surface area contributed by atoms with Gasteiger partial charge in [-0.3, -0.25) is 14.6 Å². The number of carbonyl (C=O) groups excluding carboxylic acids is 3. The Morgan fingerprint density at radius 3 is 2.20 bits per heavy atom. The van der Waals surface area contributed by atoms with Crippen molar-refractivity contribution in [1.82, 2.24) is 19.9 Å². The number of ether oxygens (including phenoxy) is 1. The number of hydrogen-bond donors (Lipinski definition) is 4. The molecule has 0 aromatic carbocycles. The number of nitrogens with zero attached hydrogens (tertiary/aromatic N) is 2. The third-order valence-corrected chi connectivity index (χ3v) is 10.5. The third-order valence-electron chi connectivity index (χ3n) is 10.5. The Morgan fingerprint density at radius 1 is 0.922 bits per heavy atom. The van der Waals surface area contributed by atoms with Gasteiger partial charge in [0.1, 0.15) is 12.9 Å². The first-order valence-corrected chi connectivity index (χ1v) is 16.8. The summed E-state index contributed by atoms with van der Waals surface area (Å²) in [5.41, 5.74) is 9.75. The van der Waals surface area contributed by atoms with Gasteiger partial charge in [-0.25, -0.2) is 9.78 Å². The Bertz CT molecular complexity index is 2300. The summed E-state index contributed by atoms with van der Waals surface area (Å²) in [6, 6.07) is 7.57. The maximum absolute atomic E-state index is 13.5. The minimum absolute atomic E-state index is 0.136. The molecule has 3 aromatic heterocycles. The molecule has 0 saturated heterocycles. The second kappa shape index (κ2) is 13.6. The molecular weight excluding hydrogens is 648 g/mol. The average Bonchev–Trinajstić information content (AvgIpc) is 3.76. The maximum atomic E-state index is 13.5. The van der Waals surface area contributed by atoms with Gasteiger partial charge in [0.05, 0.1) is 41.2 Å². The van der Waals surface area contributed by atoms with Crippen molar-refractivity contribution in [3.63, 3.8) is 0 Å². The van der Waals surface area contributed by atoms with Crippen molar-refractivity contribution in [2.24, 2.45) is 5.92 Å². The molecule has 0 spiro atoms. The molecule has 1 aliphatic carbocycles. The fraction of sp³-hybridized carbons (Fsp3) is 0.300. The number of fused-ring (bicyclic) bond motifs is 11. The monoisotopic (exact) mass is 688 g/mol. The van der Waals surface area contributed by atoms with Crippen LogP contribution in [-0.4, -0.2) is 67.9 Å². The molecular formula is C40H40N4O7. The van der Waals surface area contributed by atoms with Crippen LogP contribution in [0.2, 0.25) is 0 Å². The number of ketones is 1. The van der Waals surface area contributed by atoms with Crippen LogP contribution < -0.4 is 0 Å². The number of aliphatic carboxylic acids is 1. The van der Waals surface area contributed by atoms with Crippen LogP contribution in [0.15, 0.2) is 54.6 Å². The fourth-order valence-corrected chi connectivity index (χ4v) is 7.65. The third kappa shape index (κ3) is 5.87. The van der Waals surface area contributed by atoms with Crippen molar-refractivity contribution in [2.75, 3.05) is 13.7 Å². The van der Waals surface area contributed by atoms with Gasteiger partial charge in [0.2, 0.25) is 0 Å². The zero-order valence-electron chi connectivity index (χ0n) is 29.3. The average molecular weight is 689 g/mol. The molecule has 3 aromatic rings. The van der Waals surface area contributed by atoms with Crippen molar-refractivity contribution in [3.05, 3.63) is 99.7 Å². The highest BCUT2D eigenvalue weighted by atomic mass is 16.5. The van der Waals surface area contributed by atoms with Gasteiger partial charge >= 0.3 is 11.9 Å². The van der Waals surface area contributed by atoms with Crippen molar-refractivity contribution in [3.8, 4) is 0 Å². The number of aliphatic hydroxyl groups is 1. The molecule has 1 unspecified atom stereocenters. The number of aryl methyl sites for hydroxylation is 4. The van der Waals surface area contributed by atoms with E-state index in [1.165, 1.54) is 13.2 Å². The number of carbonyl (C=O) groups is 4. The van der Waals surface area contributed by atoms with Gasteiger partial charge in [0.15, 0.2) is 5.78 Å². The number of aromatic nitrogens is 4. The standard InChI is InChI=1S/C40H40N4O7/c1-7-23-20(2)29-16-34-27-12-10-26(39(49)50)38(35(47)19-46)40(27,5)36(44-34)18-30-21(3)24(9-8-14-45)32(43-30)17-33-25(11-13-37(48)51-6)22(4)28(42-33)15-31(23)41-29/h7,10,12,14-18,38,42-43,46H,1,8-9,11,13,19H2,2-6H3,(H,49,50)/t38?,40-/m0/s1. The summed E-state index contributed by atoms with van der Waals surface area (Å²) in [5, 5.41) is 20.3. The highest BCUT2D eigenvalue weighted by Gasteiger charge is 2.52. The Hall–Kier alpha value is -5.68. The van der Waals surface area contributed by atoms with E-state index in [-0.39, 0.29) is 24.4 Å². The molecule has 8 bridgehead atoms. The Kier molecular flexibility index (Phi) is 9.35. The van der Waals surface area contributed by atoms with Gasteiger partial charge in [-0.15, -0.1) is 0 Å². The molecule has 0 saturated carbocycles. The molecule has 11 nitrogen and oxygen atoms in total. The number of hydrogen-bond acceptors (Lipinski definition) is 8. The summed E-state index contributed by atoms with van der Waals surface area (Å²) in [7, 11) is 1.36. The number of Topliss-reactive ketones (excluding diaryl/α,β-unsaturated/α-hetero) is 1. The van der Waals surface area contributed by atoms with Gasteiger partial charge in [-0.1, -0.05) is 24.8 Å². The van der Waals surface area contributed by atoms with E-state index < -0.39 is 29.7 Å². The second-order valence-electron chi connectivity index (χ2n) is 13.2. The zero-order chi connectivity index (χ0) is 36.8. The fourth-order valence-electron chi connectivity index (χ4n) is 7.65. The van der Waals surface area contributed by atoms with E-state index in [2.05, 4.69) is 16.5 Å². The lowest BCUT2D eigenvalue weighted by atomic mass is 9.63. The molecule has 262 valence electrons. The SMILES string of the molecule is C=CC1=C(C)c2cc3nc(cc4[nH]c(cc5[nH]c(cc1n2)c(C)c5CCC(=O)OC)c(CCC=O)c4C)[C@]1(C)C3=CC=C(C(=O)O)C1C(=O)CO. The van der Waals surface area contributed by atoms with Crippen molar-refractivity contribution in [1.29, 1.82) is 0 Å². The van der Waals surface area contributed by atoms with Gasteiger partial charge in [0.25, 0.3) is 0 Å². The molecule has 5 heterocycles. The number of aromatic amines is 2. The van der Waals surface area contributed by atoms with Crippen molar-refractivity contribution >= 4 is 62.8 Å². The number of carboxylic acids is 1. The van der Waals surface area contributed by atoms with Gasteiger partial charge in [0, 0.05) is 46.1 Å². The number of allylic oxidation sites excluding steroid dienone is 6. The van der Waals surface area contributed by atoms with Crippen LogP contribution in [0, 0.1) is 19.8 Å². The van der Waals surface area contributed by atoms with E-state index >= 15 is 0 Å². The number of methoxy groups -OCH3 is 1. The van der Waals surface area contributed by atoms with E-state index in [1.807, 2.05) is 45.0 Å². The van der Waals surface area contributed by atoms with Crippen LogP contribution in [0.1, 0.15) is 71.7 Å². The van der Waals surface area contributed by atoms with Crippen LogP contribution in [0.4, 0.5) is 0 Å². The number of esters is 1. The molecule has 51 heavy (non-hydrogen) atoms. The number of nitrogens with one attached hydrogen (secondary N) is 2. The molecule has 4 N–H and O–H groups in total. The van der Waals surface area contributed by atoms with Crippen LogP contribution >= 0.6 is 0 Å². The topological polar surface area (TPSA) is 175 Å². The minimum atomic E-state index is -1.26. The highest BCUT2D eigenvalue weighted by molar-refractivity contribution is 6.03. The lowest BCUT2D eigenvalue weighted by molar-refractivity contribution is -0.140. The Morgan fingerprint density at radius 2 is 1.59 bits per heavy atom. The molecule has 0 fully saturated rings. The first-order chi connectivity index (χ1) is 24.4. The first-order valence-electron chi connectivity index (χ1n) is 16.8. The van der Waals surface area contributed by atoms with Gasteiger partial charge in [-0.05, 0) is 98.2 Å². The first kappa shape index (κ1) is 35.2. The molecule has 0 amide bonds. The summed E-state index contributed by atoms with van der Waals surface area (Å²) in [5.74, 6) is -3.45. The summed E-state index contributed by atoms with van der Waals surface area (Å²) in [4.78, 5) is 66.9. The van der Waals surface area contributed by atoms with E-state index in [4.69, 9.17) is 14.7 Å². The summed E-state index contributed by atoms with van der Waals surface area (Å²) in [6.45, 7) is 10.9. The minimum Gasteiger partial charge on any atom is -0.478 e. The number of carboxylic acid groups (broad SMARTS) is 1.